The number of aliphatic hydroxyl groups is 1. The lowest BCUT2D eigenvalue weighted by Crippen LogP contribution is -2.53. The van der Waals surface area contributed by atoms with Gasteiger partial charge in [-0.05, 0) is 26.2 Å². The lowest BCUT2D eigenvalue weighted by Gasteiger charge is -2.47. The Balaban J connectivity index is 1.77. The Kier molecular flexibility index (Phi) is 2.98. The number of rotatable bonds is 1. The Morgan fingerprint density at radius 1 is 1.33 bits per heavy atom. The summed E-state index contributed by atoms with van der Waals surface area (Å²) in [5.74, 6) is 1.42. The maximum atomic E-state index is 10.7. The van der Waals surface area contributed by atoms with Gasteiger partial charge in [-0.15, -0.1) is 0 Å². The number of anilines is 1. The molecule has 2 fully saturated rings. The Hall–Kier alpha value is -1.16. The summed E-state index contributed by atoms with van der Waals surface area (Å²) >= 11 is 0. The van der Waals surface area contributed by atoms with Crippen LogP contribution >= 0.6 is 0 Å². The molecule has 2 aliphatic rings. The fraction of sp³-hybridized carbons (Fsp3) is 0.714. The first kappa shape index (κ1) is 11.9. The zero-order chi connectivity index (χ0) is 12.6. The molecule has 4 nitrogen and oxygen atoms in total. The molecule has 1 N–H and O–H groups in total. The van der Waals surface area contributed by atoms with Crippen molar-refractivity contribution < 1.29 is 5.11 Å². The quantitative estimate of drug-likeness (QED) is 0.823. The van der Waals surface area contributed by atoms with E-state index in [0.29, 0.717) is 5.92 Å². The van der Waals surface area contributed by atoms with Gasteiger partial charge in [-0.25, -0.2) is 9.97 Å². The highest BCUT2D eigenvalue weighted by atomic mass is 16.3. The average molecular weight is 247 g/mol. The van der Waals surface area contributed by atoms with E-state index in [-0.39, 0.29) is 0 Å². The van der Waals surface area contributed by atoms with Crippen molar-refractivity contribution in [1.29, 1.82) is 0 Å². The molecule has 2 atom stereocenters. The molecule has 0 spiro atoms. The van der Waals surface area contributed by atoms with Crippen molar-refractivity contribution in [3.63, 3.8) is 0 Å². The van der Waals surface area contributed by atoms with Crippen molar-refractivity contribution in [1.82, 2.24) is 9.97 Å². The smallest absolute Gasteiger partial charge is 0.132 e. The molecular weight excluding hydrogens is 226 g/mol. The van der Waals surface area contributed by atoms with E-state index < -0.39 is 5.60 Å². The third-order valence-corrected chi connectivity index (χ3v) is 4.54. The number of aryl methyl sites for hydroxylation is 1. The lowest BCUT2D eigenvalue weighted by atomic mass is 9.71. The van der Waals surface area contributed by atoms with Crippen molar-refractivity contribution in [2.24, 2.45) is 5.92 Å². The highest BCUT2D eigenvalue weighted by molar-refractivity contribution is 5.39. The SMILES string of the molecule is Cc1cc(N2CCC3(O)CCCCC3C2)ncn1. The molecule has 1 aromatic heterocycles. The maximum Gasteiger partial charge on any atom is 0.132 e. The molecule has 4 heteroatoms. The van der Waals surface area contributed by atoms with Gasteiger partial charge in [0, 0.05) is 30.8 Å². The normalized spacial score (nSPS) is 32.1. The Morgan fingerprint density at radius 3 is 3.06 bits per heavy atom. The van der Waals surface area contributed by atoms with Gasteiger partial charge in [0.15, 0.2) is 0 Å². The molecule has 0 amide bonds. The van der Waals surface area contributed by atoms with Crippen LogP contribution < -0.4 is 4.90 Å². The van der Waals surface area contributed by atoms with Gasteiger partial charge in [0.25, 0.3) is 0 Å². The zero-order valence-corrected chi connectivity index (χ0v) is 11.0. The molecule has 2 heterocycles. The van der Waals surface area contributed by atoms with Crippen LogP contribution in [0.5, 0.6) is 0 Å². The highest BCUT2D eigenvalue weighted by Crippen LogP contribution is 2.40. The second kappa shape index (κ2) is 4.50. The van der Waals surface area contributed by atoms with Gasteiger partial charge in [0.05, 0.1) is 5.60 Å². The number of hydrogen-bond acceptors (Lipinski definition) is 4. The van der Waals surface area contributed by atoms with Crippen LogP contribution in [0.15, 0.2) is 12.4 Å². The summed E-state index contributed by atoms with van der Waals surface area (Å²) in [7, 11) is 0. The van der Waals surface area contributed by atoms with Gasteiger partial charge < -0.3 is 10.0 Å². The molecule has 2 unspecified atom stereocenters. The monoisotopic (exact) mass is 247 g/mol. The van der Waals surface area contributed by atoms with Crippen molar-refractivity contribution >= 4 is 5.82 Å². The summed E-state index contributed by atoms with van der Waals surface area (Å²) in [6.07, 6.45) is 7.07. The topological polar surface area (TPSA) is 49.2 Å². The van der Waals surface area contributed by atoms with Crippen LogP contribution in [0.25, 0.3) is 0 Å². The maximum absolute atomic E-state index is 10.7. The zero-order valence-electron chi connectivity index (χ0n) is 11.0. The van der Waals surface area contributed by atoms with Gasteiger partial charge >= 0.3 is 0 Å². The molecule has 1 saturated carbocycles. The largest absolute Gasteiger partial charge is 0.389 e. The van der Waals surface area contributed by atoms with Gasteiger partial charge in [-0.2, -0.15) is 0 Å². The van der Waals surface area contributed by atoms with E-state index in [1.165, 1.54) is 12.8 Å². The standard InChI is InChI=1S/C14H21N3O/c1-11-8-13(16-10-15-11)17-7-6-14(18)5-3-2-4-12(14)9-17/h8,10,12,18H,2-7,9H2,1H3. The fourth-order valence-corrected chi connectivity index (χ4v) is 3.39. The van der Waals surface area contributed by atoms with E-state index in [2.05, 4.69) is 14.9 Å². The molecule has 3 rings (SSSR count). The Bertz CT molecular complexity index is 437. The predicted octanol–water partition coefficient (Wildman–Crippen LogP) is 1.92. The first-order valence-electron chi connectivity index (χ1n) is 6.93. The summed E-state index contributed by atoms with van der Waals surface area (Å²) in [5, 5.41) is 10.7. The van der Waals surface area contributed by atoms with Crippen LogP contribution in [0.1, 0.15) is 37.8 Å². The summed E-state index contributed by atoms with van der Waals surface area (Å²) in [5.41, 5.74) is 0.598. The first-order valence-corrected chi connectivity index (χ1v) is 6.93. The van der Waals surface area contributed by atoms with Crippen LogP contribution in [-0.4, -0.2) is 33.8 Å². The molecule has 18 heavy (non-hydrogen) atoms. The first-order chi connectivity index (χ1) is 8.67. The number of piperidine rings is 1. The molecule has 0 radical (unpaired) electrons. The number of fused-ring (bicyclic) bond motifs is 1. The van der Waals surface area contributed by atoms with Crippen LogP contribution in [0, 0.1) is 12.8 Å². The molecule has 1 aromatic rings. The van der Waals surface area contributed by atoms with Gasteiger partial charge in [0.2, 0.25) is 0 Å². The van der Waals surface area contributed by atoms with Gasteiger partial charge in [-0.3, -0.25) is 0 Å². The van der Waals surface area contributed by atoms with Gasteiger partial charge in [-0.1, -0.05) is 12.8 Å². The fourth-order valence-electron chi connectivity index (χ4n) is 3.39. The van der Waals surface area contributed by atoms with Crippen molar-refractivity contribution in [3.05, 3.63) is 18.1 Å². The van der Waals surface area contributed by atoms with Crippen LogP contribution in [0.2, 0.25) is 0 Å². The van der Waals surface area contributed by atoms with Crippen LogP contribution in [0.3, 0.4) is 0 Å². The van der Waals surface area contributed by atoms with Crippen molar-refractivity contribution in [3.8, 4) is 0 Å². The van der Waals surface area contributed by atoms with Crippen molar-refractivity contribution in [2.45, 2.75) is 44.6 Å². The van der Waals surface area contributed by atoms with E-state index in [9.17, 15) is 5.11 Å². The number of nitrogens with zero attached hydrogens (tertiary/aromatic N) is 3. The Labute approximate surface area is 108 Å². The molecule has 1 aliphatic carbocycles. The predicted molar refractivity (Wildman–Crippen MR) is 70.5 cm³/mol. The number of aromatic nitrogens is 2. The molecular formula is C14H21N3O. The van der Waals surface area contributed by atoms with E-state index in [1.807, 2.05) is 13.0 Å². The second-order valence-electron chi connectivity index (χ2n) is 5.76. The average Bonchev–Trinajstić information content (AvgIpc) is 2.37. The second-order valence-corrected chi connectivity index (χ2v) is 5.76. The van der Waals surface area contributed by atoms with E-state index in [4.69, 9.17) is 0 Å². The third kappa shape index (κ3) is 2.09. The Morgan fingerprint density at radius 2 is 2.22 bits per heavy atom. The minimum Gasteiger partial charge on any atom is -0.389 e. The van der Waals surface area contributed by atoms with Gasteiger partial charge in [0.1, 0.15) is 12.1 Å². The summed E-state index contributed by atoms with van der Waals surface area (Å²) in [6, 6.07) is 2.03. The summed E-state index contributed by atoms with van der Waals surface area (Å²) in [4.78, 5) is 10.8. The summed E-state index contributed by atoms with van der Waals surface area (Å²) in [6.45, 7) is 3.84. The molecule has 98 valence electrons. The van der Waals surface area contributed by atoms with Crippen LogP contribution in [0.4, 0.5) is 5.82 Å². The van der Waals surface area contributed by atoms with Crippen LogP contribution in [-0.2, 0) is 0 Å². The molecule has 1 saturated heterocycles. The minimum atomic E-state index is -0.406. The third-order valence-electron chi connectivity index (χ3n) is 4.54. The van der Waals surface area contributed by atoms with E-state index in [0.717, 1.165) is 43.9 Å². The highest BCUT2D eigenvalue weighted by Gasteiger charge is 2.42. The number of hydrogen-bond donors (Lipinski definition) is 1. The molecule has 0 bridgehead atoms. The lowest BCUT2D eigenvalue weighted by molar-refractivity contribution is -0.0613. The van der Waals surface area contributed by atoms with Crippen molar-refractivity contribution in [2.75, 3.05) is 18.0 Å². The van der Waals surface area contributed by atoms with E-state index in [1.54, 1.807) is 6.33 Å². The molecule has 0 aromatic carbocycles. The van der Waals surface area contributed by atoms with E-state index >= 15 is 0 Å². The minimum absolute atomic E-state index is 0.406. The summed E-state index contributed by atoms with van der Waals surface area (Å²) < 4.78 is 0. The molecule has 1 aliphatic heterocycles.